The summed E-state index contributed by atoms with van der Waals surface area (Å²) in [4.78, 5) is 16.6. The minimum atomic E-state index is -0.139. The summed E-state index contributed by atoms with van der Waals surface area (Å²) in [5.74, 6) is 1.04. The number of ether oxygens (including phenoxy) is 1. The molecule has 1 N–H and O–H groups in total. The lowest BCUT2D eigenvalue weighted by molar-refractivity contribution is -0.00552. The Morgan fingerprint density at radius 2 is 2.21 bits per heavy atom. The van der Waals surface area contributed by atoms with Crippen molar-refractivity contribution in [3.05, 3.63) is 34.0 Å². The molecule has 4 heterocycles. The second-order valence-corrected chi connectivity index (χ2v) is 9.19. The fourth-order valence-electron chi connectivity index (χ4n) is 4.02. The summed E-state index contributed by atoms with van der Waals surface area (Å²) in [6, 6.07) is 4.44. The lowest BCUT2D eigenvalue weighted by Gasteiger charge is -2.41. The van der Waals surface area contributed by atoms with Crippen molar-refractivity contribution < 1.29 is 9.53 Å². The number of likely N-dealkylation sites (tertiary alicyclic amines) is 1. The number of nitrogens with zero attached hydrogens (tertiary/aromatic N) is 4. The standard InChI is InChI=1S/C20H29N5O2S/c1-3-15(2)21-19(26)18-23-22-17-12-27-14-20(13-25(17)18)6-8-24(9-7-20)11-16-5-4-10-28-16/h4-5,10,15H,3,6-9,11-14H2,1-2H3,(H,21,26)/t15-/m0/s1. The second kappa shape index (κ2) is 8.31. The van der Waals surface area contributed by atoms with Crippen LogP contribution in [0.2, 0.25) is 0 Å². The summed E-state index contributed by atoms with van der Waals surface area (Å²) in [6.45, 7) is 9.08. The first-order valence-corrected chi connectivity index (χ1v) is 11.0. The zero-order chi connectivity index (χ0) is 19.6. The van der Waals surface area contributed by atoms with Crippen molar-refractivity contribution in [2.24, 2.45) is 5.41 Å². The quantitative estimate of drug-likeness (QED) is 0.831. The minimum absolute atomic E-state index is 0.0466. The molecule has 2 aliphatic heterocycles. The highest BCUT2D eigenvalue weighted by Gasteiger charge is 2.39. The largest absolute Gasteiger partial charge is 0.373 e. The molecule has 152 valence electrons. The molecule has 0 aliphatic carbocycles. The van der Waals surface area contributed by atoms with E-state index in [2.05, 4.69) is 44.9 Å². The van der Waals surface area contributed by atoms with Crippen LogP contribution >= 0.6 is 11.3 Å². The van der Waals surface area contributed by atoms with Crippen LogP contribution in [0.15, 0.2) is 17.5 Å². The first-order chi connectivity index (χ1) is 13.6. The van der Waals surface area contributed by atoms with E-state index in [1.165, 1.54) is 4.88 Å². The number of thiophene rings is 1. The van der Waals surface area contributed by atoms with E-state index in [1.807, 2.05) is 22.8 Å². The highest BCUT2D eigenvalue weighted by atomic mass is 32.1. The van der Waals surface area contributed by atoms with Gasteiger partial charge in [-0.25, -0.2) is 0 Å². The Morgan fingerprint density at radius 1 is 1.39 bits per heavy atom. The number of piperidine rings is 1. The van der Waals surface area contributed by atoms with Gasteiger partial charge in [0, 0.05) is 29.4 Å². The number of aromatic nitrogens is 3. The summed E-state index contributed by atoms with van der Waals surface area (Å²) in [5, 5.41) is 13.6. The topological polar surface area (TPSA) is 72.3 Å². The summed E-state index contributed by atoms with van der Waals surface area (Å²) < 4.78 is 7.98. The van der Waals surface area contributed by atoms with E-state index < -0.39 is 0 Å². The maximum Gasteiger partial charge on any atom is 0.289 e. The maximum absolute atomic E-state index is 12.7. The van der Waals surface area contributed by atoms with Crippen molar-refractivity contribution in [3.63, 3.8) is 0 Å². The van der Waals surface area contributed by atoms with Gasteiger partial charge in [0.1, 0.15) is 6.61 Å². The van der Waals surface area contributed by atoms with Crippen molar-refractivity contribution in [1.29, 1.82) is 0 Å². The summed E-state index contributed by atoms with van der Waals surface area (Å²) in [6.07, 6.45) is 3.00. The van der Waals surface area contributed by atoms with E-state index in [-0.39, 0.29) is 17.4 Å². The van der Waals surface area contributed by atoms with E-state index in [4.69, 9.17) is 4.74 Å². The lowest BCUT2D eigenvalue weighted by atomic mass is 9.79. The van der Waals surface area contributed by atoms with E-state index in [0.29, 0.717) is 12.4 Å². The Balaban J connectivity index is 1.46. The van der Waals surface area contributed by atoms with Crippen LogP contribution in [-0.2, 0) is 24.4 Å². The average molecular weight is 404 g/mol. The van der Waals surface area contributed by atoms with Gasteiger partial charge in [-0.3, -0.25) is 9.69 Å². The van der Waals surface area contributed by atoms with E-state index in [9.17, 15) is 4.79 Å². The number of fused-ring (bicyclic) bond motifs is 1. The Hall–Kier alpha value is -1.77. The molecule has 2 aromatic heterocycles. The van der Waals surface area contributed by atoms with Gasteiger partial charge in [-0.1, -0.05) is 13.0 Å². The molecule has 1 fully saturated rings. The van der Waals surface area contributed by atoms with Crippen molar-refractivity contribution in [1.82, 2.24) is 25.0 Å². The van der Waals surface area contributed by atoms with Crippen LogP contribution in [0.25, 0.3) is 0 Å². The van der Waals surface area contributed by atoms with Gasteiger partial charge in [0.15, 0.2) is 5.82 Å². The molecular weight excluding hydrogens is 374 g/mol. The average Bonchev–Trinajstić information content (AvgIpc) is 3.30. The molecule has 1 spiro atoms. The maximum atomic E-state index is 12.7. The smallest absolute Gasteiger partial charge is 0.289 e. The zero-order valence-electron chi connectivity index (χ0n) is 16.7. The van der Waals surface area contributed by atoms with Gasteiger partial charge in [-0.2, -0.15) is 0 Å². The van der Waals surface area contributed by atoms with Crippen LogP contribution in [-0.4, -0.2) is 51.3 Å². The minimum Gasteiger partial charge on any atom is -0.373 e. The van der Waals surface area contributed by atoms with Gasteiger partial charge in [0.2, 0.25) is 5.82 Å². The third-order valence-corrected chi connectivity index (χ3v) is 6.89. The summed E-state index contributed by atoms with van der Waals surface area (Å²) >= 11 is 1.82. The van der Waals surface area contributed by atoms with E-state index >= 15 is 0 Å². The fourth-order valence-corrected chi connectivity index (χ4v) is 4.76. The van der Waals surface area contributed by atoms with Gasteiger partial charge in [0.25, 0.3) is 5.91 Å². The Kier molecular flexibility index (Phi) is 5.80. The molecule has 0 aromatic carbocycles. The van der Waals surface area contributed by atoms with Gasteiger partial charge >= 0.3 is 0 Å². The SMILES string of the molecule is CC[C@H](C)NC(=O)c1nnc2n1CC1(CCN(Cc3cccs3)CC1)COC2. The van der Waals surface area contributed by atoms with Crippen molar-refractivity contribution in [2.75, 3.05) is 19.7 Å². The Morgan fingerprint density at radius 3 is 2.93 bits per heavy atom. The van der Waals surface area contributed by atoms with Crippen LogP contribution in [0.5, 0.6) is 0 Å². The predicted octanol–water partition coefficient (Wildman–Crippen LogP) is 2.68. The zero-order valence-corrected chi connectivity index (χ0v) is 17.5. The van der Waals surface area contributed by atoms with E-state index in [0.717, 1.165) is 57.9 Å². The lowest BCUT2D eigenvalue weighted by Crippen LogP contribution is -2.44. The van der Waals surface area contributed by atoms with Crippen molar-refractivity contribution >= 4 is 17.2 Å². The molecule has 7 nitrogen and oxygen atoms in total. The third kappa shape index (κ3) is 4.14. The first kappa shape index (κ1) is 19.5. The van der Waals surface area contributed by atoms with Crippen molar-refractivity contribution in [3.8, 4) is 0 Å². The van der Waals surface area contributed by atoms with Crippen LogP contribution in [0.1, 0.15) is 54.4 Å². The third-order valence-electron chi connectivity index (χ3n) is 6.03. The van der Waals surface area contributed by atoms with Gasteiger partial charge in [0.05, 0.1) is 6.61 Å². The summed E-state index contributed by atoms with van der Waals surface area (Å²) in [7, 11) is 0. The predicted molar refractivity (Wildman–Crippen MR) is 108 cm³/mol. The second-order valence-electron chi connectivity index (χ2n) is 8.16. The van der Waals surface area contributed by atoms with Gasteiger partial charge < -0.3 is 14.6 Å². The number of rotatable bonds is 5. The van der Waals surface area contributed by atoms with Gasteiger partial charge in [-0.05, 0) is 50.7 Å². The van der Waals surface area contributed by atoms with E-state index in [1.54, 1.807) is 0 Å². The Labute approximate surface area is 170 Å². The Bertz CT molecular complexity index is 796. The molecule has 28 heavy (non-hydrogen) atoms. The number of nitrogens with one attached hydrogen (secondary N) is 1. The molecule has 0 saturated carbocycles. The van der Waals surface area contributed by atoms with Crippen LogP contribution in [0.3, 0.4) is 0 Å². The van der Waals surface area contributed by atoms with Gasteiger partial charge in [-0.15, -0.1) is 21.5 Å². The molecule has 0 bridgehead atoms. The number of hydrogen-bond donors (Lipinski definition) is 1. The number of hydrogen-bond acceptors (Lipinski definition) is 6. The molecule has 1 amide bonds. The fraction of sp³-hybridized carbons (Fsp3) is 0.650. The van der Waals surface area contributed by atoms with Crippen LogP contribution < -0.4 is 5.32 Å². The highest BCUT2D eigenvalue weighted by Crippen LogP contribution is 2.37. The molecule has 2 aromatic rings. The number of carbonyl (C=O) groups excluding carboxylic acids is 1. The van der Waals surface area contributed by atoms with Crippen LogP contribution in [0.4, 0.5) is 0 Å². The number of carbonyl (C=O) groups is 1. The normalized spacial score (nSPS) is 20.5. The molecule has 1 saturated heterocycles. The number of amides is 1. The molecule has 1 atom stereocenters. The monoisotopic (exact) mass is 403 g/mol. The molecule has 4 rings (SSSR count). The van der Waals surface area contributed by atoms with Crippen LogP contribution in [0, 0.1) is 5.41 Å². The molecular formula is C20H29N5O2S. The molecule has 0 radical (unpaired) electrons. The summed E-state index contributed by atoms with van der Waals surface area (Å²) in [5.41, 5.74) is 0.0466. The highest BCUT2D eigenvalue weighted by molar-refractivity contribution is 7.09. The first-order valence-electron chi connectivity index (χ1n) is 10.1. The molecule has 2 aliphatic rings. The van der Waals surface area contributed by atoms with Crippen molar-refractivity contribution in [2.45, 2.75) is 58.8 Å². The molecule has 8 heteroatoms. The molecule has 0 unspecified atom stereocenters.